The smallest absolute Gasteiger partial charge is 0.0837 e. The molecule has 0 aromatic heterocycles. The molecule has 17 heavy (non-hydrogen) atoms. The molecule has 0 aliphatic carbocycles. The largest absolute Gasteiger partial charge is 0.159 e. The first-order valence-electron chi connectivity index (χ1n) is 4.90. The number of alkyl halides is 3. The van der Waals surface area contributed by atoms with Crippen molar-refractivity contribution in [2.24, 2.45) is 0 Å². The van der Waals surface area contributed by atoms with Crippen molar-refractivity contribution in [1.82, 2.24) is 0 Å². The van der Waals surface area contributed by atoms with Crippen LogP contribution in [0.15, 0.2) is 48.5 Å². The Bertz CT molecular complexity index is 532. The average molecular weight is 439 g/mol. The van der Waals surface area contributed by atoms with Crippen LogP contribution < -0.4 is 0 Å². The molecule has 0 fully saturated rings. The predicted octanol–water partition coefficient (Wildman–Crippen LogP) is 6.30. The van der Waals surface area contributed by atoms with Crippen LogP contribution in [-0.2, 0) is 2.14 Å². The van der Waals surface area contributed by atoms with Gasteiger partial charge in [0.05, 0.1) is 0 Å². The lowest BCUT2D eigenvalue weighted by molar-refractivity contribution is 1.37. The van der Waals surface area contributed by atoms with Crippen LogP contribution in [0.1, 0.15) is 5.56 Å². The lowest BCUT2D eigenvalue weighted by Gasteiger charge is -2.14. The Morgan fingerprint density at radius 3 is 2.24 bits per heavy atom. The van der Waals surface area contributed by atoms with Crippen LogP contribution in [0.5, 0.6) is 0 Å². The Hall–Kier alpha value is 0.170. The summed E-state index contributed by atoms with van der Waals surface area (Å²) in [6, 6.07) is 16.0. The number of rotatable bonds is 1. The zero-order valence-electron chi connectivity index (χ0n) is 8.63. The Kier molecular flexibility index (Phi) is 4.35. The van der Waals surface area contributed by atoms with Gasteiger partial charge in [0.1, 0.15) is 0 Å². The summed E-state index contributed by atoms with van der Waals surface area (Å²) in [5.41, 5.74) is 3.21. The molecule has 0 unspecified atom stereocenters. The molecule has 2 aromatic carbocycles. The number of hydrogen-bond acceptors (Lipinski definition) is 0. The van der Waals surface area contributed by atoms with Gasteiger partial charge in [0.25, 0.3) is 0 Å². The van der Waals surface area contributed by atoms with E-state index in [1.807, 2.05) is 42.5 Å². The third kappa shape index (κ3) is 3.34. The Labute approximate surface area is 131 Å². The zero-order valence-corrected chi connectivity index (χ0v) is 14.1. The molecule has 0 amide bonds. The SMILES string of the molecule is Clc1ccccc1-c1cccc(C(Br)(Br)Br)c1. The van der Waals surface area contributed by atoms with Crippen LogP contribution in [0.2, 0.25) is 5.02 Å². The van der Waals surface area contributed by atoms with Crippen LogP contribution in [0.25, 0.3) is 11.1 Å². The van der Waals surface area contributed by atoms with Crippen molar-refractivity contribution in [3.8, 4) is 11.1 Å². The van der Waals surface area contributed by atoms with Crippen LogP contribution in [0.4, 0.5) is 0 Å². The second kappa shape index (κ2) is 5.43. The minimum absolute atomic E-state index is 0.399. The van der Waals surface area contributed by atoms with Gasteiger partial charge in [0.15, 0.2) is 2.14 Å². The fourth-order valence-corrected chi connectivity index (χ4v) is 2.54. The van der Waals surface area contributed by atoms with Crippen molar-refractivity contribution in [1.29, 1.82) is 0 Å². The highest BCUT2D eigenvalue weighted by molar-refractivity contribution is 9.38. The van der Waals surface area contributed by atoms with E-state index in [0.717, 1.165) is 21.7 Å². The highest BCUT2D eigenvalue weighted by atomic mass is 80.0. The van der Waals surface area contributed by atoms with E-state index in [1.165, 1.54) is 0 Å². The summed E-state index contributed by atoms with van der Waals surface area (Å²) in [4.78, 5) is 0. The van der Waals surface area contributed by atoms with E-state index in [-0.39, 0.29) is 0 Å². The standard InChI is InChI=1S/C13H8Br3Cl/c14-13(15,16)10-5-3-4-9(8-10)11-6-1-2-7-12(11)17/h1-8H. The molecule has 0 radical (unpaired) electrons. The minimum atomic E-state index is -0.399. The van der Waals surface area contributed by atoms with Gasteiger partial charge >= 0.3 is 0 Å². The number of halogens is 4. The lowest BCUT2D eigenvalue weighted by Crippen LogP contribution is -1.97. The van der Waals surface area contributed by atoms with Gasteiger partial charge in [-0.15, -0.1) is 0 Å². The van der Waals surface area contributed by atoms with E-state index in [0.29, 0.717) is 0 Å². The van der Waals surface area contributed by atoms with Crippen molar-refractivity contribution in [2.75, 3.05) is 0 Å². The molecule has 2 rings (SSSR count). The van der Waals surface area contributed by atoms with Gasteiger partial charge in [0.2, 0.25) is 0 Å². The lowest BCUT2D eigenvalue weighted by atomic mass is 10.0. The van der Waals surface area contributed by atoms with E-state index in [9.17, 15) is 0 Å². The summed E-state index contributed by atoms with van der Waals surface area (Å²) >= 11 is 16.7. The average Bonchev–Trinajstić information content (AvgIpc) is 2.29. The third-order valence-electron chi connectivity index (χ3n) is 2.37. The van der Waals surface area contributed by atoms with Gasteiger partial charge in [-0.05, 0) is 23.3 Å². The molecular weight excluding hydrogens is 431 g/mol. The molecule has 0 bridgehead atoms. The molecule has 0 saturated heterocycles. The molecule has 0 aliphatic heterocycles. The second-order valence-corrected chi connectivity index (χ2v) is 10.7. The third-order valence-corrected chi connectivity index (χ3v) is 4.08. The molecule has 4 heteroatoms. The fourth-order valence-electron chi connectivity index (χ4n) is 1.56. The van der Waals surface area contributed by atoms with Gasteiger partial charge in [-0.25, -0.2) is 0 Å². The second-order valence-electron chi connectivity index (χ2n) is 3.56. The van der Waals surface area contributed by atoms with E-state index in [1.54, 1.807) is 0 Å². The van der Waals surface area contributed by atoms with Crippen molar-refractivity contribution < 1.29 is 0 Å². The normalized spacial score (nSPS) is 11.5. The maximum Gasteiger partial charge on any atom is 0.159 e. The van der Waals surface area contributed by atoms with Crippen molar-refractivity contribution in [3.05, 3.63) is 59.1 Å². The summed E-state index contributed by atoms with van der Waals surface area (Å²) in [5, 5.41) is 0.758. The van der Waals surface area contributed by atoms with E-state index in [2.05, 4.69) is 53.9 Å². The van der Waals surface area contributed by atoms with Crippen molar-refractivity contribution in [2.45, 2.75) is 2.14 Å². The monoisotopic (exact) mass is 436 g/mol. The molecule has 0 saturated carbocycles. The molecule has 0 nitrogen and oxygen atoms in total. The number of hydrogen-bond donors (Lipinski definition) is 0. The number of benzene rings is 2. The quantitative estimate of drug-likeness (QED) is 0.458. The highest BCUT2D eigenvalue weighted by Gasteiger charge is 2.21. The molecule has 0 aliphatic rings. The Morgan fingerprint density at radius 1 is 0.882 bits per heavy atom. The Morgan fingerprint density at radius 2 is 1.59 bits per heavy atom. The molecule has 0 N–H and O–H groups in total. The first-order chi connectivity index (χ1) is 7.98. The van der Waals surface area contributed by atoms with E-state index in [4.69, 9.17) is 11.6 Å². The fraction of sp³-hybridized carbons (Fsp3) is 0.0769. The molecule has 0 spiro atoms. The van der Waals surface area contributed by atoms with Gasteiger partial charge < -0.3 is 0 Å². The minimum Gasteiger partial charge on any atom is -0.0837 e. The first kappa shape index (κ1) is 13.6. The molecule has 0 heterocycles. The molecule has 2 aromatic rings. The van der Waals surface area contributed by atoms with Crippen LogP contribution >= 0.6 is 59.4 Å². The van der Waals surface area contributed by atoms with E-state index < -0.39 is 2.14 Å². The summed E-state index contributed by atoms with van der Waals surface area (Å²) < 4.78 is -0.399. The first-order valence-corrected chi connectivity index (χ1v) is 7.66. The zero-order chi connectivity index (χ0) is 12.5. The van der Waals surface area contributed by atoms with Gasteiger partial charge in [-0.2, -0.15) is 0 Å². The maximum absolute atomic E-state index is 6.19. The topological polar surface area (TPSA) is 0 Å². The van der Waals surface area contributed by atoms with Gasteiger partial charge in [0, 0.05) is 10.6 Å². The summed E-state index contributed by atoms with van der Waals surface area (Å²) in [7, 11) is 0. The van der Waals surface area contributed by atoms with Crippen molar-refractivity contribution in [3.63, 3.8) is 0 Å². The molecular formula is C13H8Br3Cl. The Balaban J connectivity index is 2.51. The maximum atomic E-state index is 6.19. The summed E-state index contributed by atoms with van der Waals surface area (Å²) in [6.45, 7) is 0. The van der Waals surface area contributed by atoms with Crippen LogP contribution in [0.3, 0.4) is 0 Å². The van der Waals surface area contributed by atoms with Gasteiger partial charge in [-0.3, -0.25) is 0 Å². The predicted molar refractivity (Wildman–Crippen MR) is 85.3 cm³/mol. The van der Waals surface area contributed by atoms with Gasteiger partial charge in [-0.1, -0.05) is 95.8 Å². The van der Waals surface area contributed by atoms with Crippen LogP contribution in [-0.4, -0.2) is 0 Å². The summed E-state index contributed by atoms with van der Waals surface area (Å²) in [5.74, 6) is 0. The van der Waals surface area contributed by atoms with Crippen LogP contribution in [0, 0.1) is 0 Å². The molecule has 88 valence electrons. The highest BCUT2D eigenvalue weighted by Crippen LogP contribution is 2.45. The van der Waals surface area contributed by atoms with Crippen molar-refractivity contribution >= 4 is 59.4 Å². The van der Waals surface area contributed by atoms with E-state index >= 15 is 0 Å². The molecule has 0 atom stereocenters. The summed E-state index contributed by atoms with van der Waals surface area (Å²) in [6.07, 6.45) is 0.